The lowest BCUT2D eigenvalue weighted by Crippen LogP contribution is -2.32. The zero-order valence-electron chi connectivity index (χ0n) is 17.7. The van der Waals surface area contributed by atoms with Crippen LogP contribution in [0.2, 0.25) is 0 Å². The van der Waals surface area contributed by atoms with Gasteiger partial charge in [0.25, 0.3) is 0 Å². The van der Waals surface area contributed by atoms with Crippen molar-refractivity contribution in [3.63, 3.8) is 0 Å². The van der Waals surface area contributed by atoms with E-state index in [0.717, 1.165) is 29.4 Å². The predicted molar refractivity (Wildman–Crippen MR) is 115 cm³/mol. The van der Waals surface area contributed by atoms with Crippen molar-refractivity contribution in [1.29, 1.82) is 0 Å². The number of aryl methyl sites for hydroxylation is 1. The molecule has 0 saturated carbocycles. The summed E-state index contributed by atoms with van der Waals surface area (Å²) in [6.07, 6.45) is 3.06. The first-order valence-corrected chi connectivity index (χ1v) is 9.85. The molecule has 0 saturated heterocycles. The third-order valence-electron chi connectivity index (χ3n) is 4.67. The molecule has 1 heterocycles. The molecule has 160 valence electrons. The van der Waals surface area contributed by atoms with E-state index in [1.54, 1.807) is 19.4 Å². The van der Waals surface area contributed by atoms with Crippen LogP contribution in [-0.4, -0.2) is 53.0 Å². The Balaban J connectivity index is 1.41. The van der Waals surface area contributed by atoms with Gasteiger partial charge in [0.05, 0.1) is 7.11 Å². The van der Waals surface area contributed by atoms with Gasteiger partial charge in [-0.1, -0.05) is 18.2 Å². The van der Waals surface area contributed by atoms with Crippen molar-refractivity contribution in [2.75, 3.05) is 27.3 Å². The normalized spacial score (nSPS) is 12.0. The van der Waals surface area contributed by atoms with Crippen LogP contribution in [0.4, 0.5) is 0 Å². The number of aliphatic hydroxyl groups excluding tert-OH is 1. The molecule has 0 aliphatic rings. The second-order valence-electron chi connectivity index (χ2n) is 7.23. The van der Waals surface area contributed by atoms with E-state index < -0.39 is 6.10 Å². The molecule has 7 heteroatoms. The Morgan fingerprint density at radius 2 is 1.83 bits per heavy atom. The number of rotatable bonds is 11. The molecule has 0 radical (unpaired) electrons. The molecule has 0 amide bonds. The number of likely N-dealkylation sites (N-methyl/N-ethyl adjacent to an activating group) is 1. The van der Waals surface area contributed by atoms with Gasteiger partial charge >= 0.3 is 0 Å². The number of nitrogens with zero attached hydrogens (tertiary/aromatic N) is 3. The fraction of sp³-hybridized carbons (Fsp3) is 0.348. The molecule has 3 rings (SSSR count). The summed E-state index contributed by atoms with van der Waals surface area (Å²) in [4.78, 5) is 6.31. The van der Waals surface area contributed by atoms with Crippen molar-refractivity contribution in [3.8, 4) is 17.2 Å². The highest BCUT2D eigenvalue weighted by atomic mass is 16.5. The summed E-state index contributed by atoms with van der Waals surface area (Å²) in [5.41, 5.74) is 1.14. The van der Waals surface area contributed by atoms with Gasteiger partial charge < -0.3 is 23.9 Å². The molecule has 0 aliphatic heterocycles. The predicted octanol–water partition coefficient (Wildman–Crippen LogP) is 2.88. The third-order valence-corrected chi connectivity index (χ3v) is 4.67. The number of aromatic nitrogens is 2. The number of methoxy groups -OCH3 is 1. The van der Waals surface area contributed by atoms with Crippen LogP contribution in [0.3, 0.4) is 0 Å². The van der Waals surface area contributed by atoms with E-state index in [0.29, 0.717) is 18.9 Å². The minimum atomic E-state index is -0.596. The second kappa shape index (κ2) is 10.7. The summed E-state index contributed by atoms with van der Waals surface area (Å²) < 4.78 is 18.6. The molecule has 30 heavy (non-hydrogen) atoms. The van der Waals surface area contributed by atoms with E-state index in [-0.39, 0.29) is 6.61 Å². The van der Waals surface area contributed by atoms with Crippen LogP contribution in [0.5, 0.6) is 17.2 Å². The van der Waals surface area contributed by atoms with Gasteiger partial charge in [0.2, 0.25) is 0 Å². The number of ether oxygens (including phenoxy) is 3. The number of hydrogen-bond donors (Lipinski definition) is 1. The quantitative estimate of drug-likeness (QED) is 0.523. The lowest BCUT2D eigenvalue weighted by Gasteiger charge is -2.21. The van der Waals surface area contributed by atoms with Crippen molar-refractivity contribution in [2.24, 2.45) is 7.05 Å². The molecular formula is C23H29N3O4. The van der Waals surface area contributed by atoms with Gasteiger partial charge in [0.15, 0.2) is 0 Å². The van der Waals surface area contributed by atoms with Crippen molar-refractivity contribution >= 4 is 0 Å². The van der Waals surface area contributed by atoms with Crippen LogP contribution in [0.25, 0.3) is 0 Å². The van der Waals surface area contributed by atoms with Crippen LogP contribution in [0.1, 0.15) is 11.4 Å². The van der Waals surface area contributed by atoms with Gasteiger partial charge in [-0.15, -0.1) is 0 Å². The molecule has 0 unspecified atom stereocenters. The maximum Gasteiger partial charge on any atom is 0.146 e. The molecule has 3 aromatic rings. The highest BCUT2D eigenvalue weighted by Gasteiger charge is 2.10. The Labute approximate surface area is 177 Å². The summed E-state index contributed by atoms with van der Waals surface area (Å²) in [7, 11) is 5.53. The molecule has 0 aliphatic carbocycles. The number of imidazole rings is 1. The van der Waals surface area contributed by atoms with Gasteiger partial charge in [-0.25, -0.2) is 4.98 Å². The van der Waals surface area contributed by atoms with Crippen molar-refractivity contribution in [1.82, 2.24) is 14.5 Å². The zero-order valence-corrected chi connectivity index (χ0v) is 17.7. The van der Waals surface area contributed by atoms with E-state index in [9.17, 15) is 5.11 Å². The summed E-state index contributed by atoms with van der Waals surface area (Å²) in [5, 5.41) is 10.3. The summed E-state index contributed by atoms with van der Waals surface area (Å²) >= 11 is 0. The maximum absolute atomic E-state index is 10.3. The highest BCUT2D eigenvalue weighted by Crippen LogP contribution is 2.19. The topological polar surface area (TPSA) is 69.0 Å². The van der Waals surface area contributed by atoms with Gasteiger partial charge in [-0.2, -0.15) is 0 Å². The monoisotopic (exact) mass is 411 g/mol. The molecule has 0 fully saturated rings. The summed E-state index contributed by atoms with van der Waals surface area (Å²) in [6.45, 7) is 1.87. The van der Waals surface area contributed by atoms with E-state index in [1.165, 1.54) is 0 Å². The van der Waals surface area contributed by atoms with E-state index in [4.69, 9.17) is 14.2 Å². The van der Waals surface area contributed by atoms with E-state index in [1.807, 2.05) is 67.3 Å². The highest BCUT2D eigenvalue weighted by molar-refractivity contribution is 5.32. The Hall–Kier alpha value is -3.03. The average Bonchev–Trinajstić information content (AvgIpc) is 3.16. The van der Waals surface area contributed by atoms with E-state index >= 15 is 0 Å². The number of aliphatic hydroxyl groups is 1. The number of benzene rings is 2. The summed E-state index contributed by atoms with van der Waals surface area (Å²) in [5.74, 6) is 3.09. The van der Waals surface area contributed by atoms with Crippen LogP contribution in [0, 0.1) is 0 Å². The van der Waals surface area contributed by atoms with Crippen molar-refractivity contribution in [3.05, 3.63) is 72.3 Å². The Morgan fingerprint density at radius 1 is 1.07 bits per heavy atom. The Kier molecular flexibility index (Phi) is 7.70. The molecular weight excluding hydrogens is 382 g/mol. The van der Waals surface area contributed by atoms with Crippen molar-refractivity contribution in [2.45, 2.75) is 19.3 Å². The number of hydrogen-bond acceptors (Lipinski definition) is 6. The van der Waals surface area contributed by atoms with Crippen LogP contribution in [0.15, 0.2) is 60.9 Å². The molecule has 0 bridgehead atoms. The van der Waals surface area contributed by atoms with Gasteiger partial charge in [0.1, 0.15) is 42.4 Å². The fourth-order valence-corrected chi connectivity index (χ4v) is 3.05. The lowest BCUT2D eigenvalue weighted by atomic mass is 10.2. The first-order valence-electron chi connectivity index (χ1n) is 9.85. The van der Waals surface area contributed by atoms with E-state index in [2.05, 4.69) is 9.88 Å². The Bertz CT molecular complexity index is 911. The molecule has 7 nitrogen and oxygen atoms in total. The lowest BCUT2D eigenvalue weighted by molar-refractivity contribution is 0.0743. The van der Waals surface area contributed by atoms with Crippen molar-refractivity contribution < 1.29 is 19.3 Å². The minimum Gasteiger partial charge on any atom is -0.497 e. The van der Waals surface area contributed by atoms with Crippen LogP contribution >= 0.6 is 0 Å². The molecule has 2 aromatic carbocycles. The maximum atomic E-state index is 10.3. The standard InChI is InChI=1S/C23H29N3O4/c1-25(15-19(27)16-29-22-6-4-5-21(13-22)28-3)14-18-7-9-20(10-8-18)30-17-23-24-11-12-26(23)2/h4-13,19,27H,14-17H2,1-3H3/t19-/m0/s1. The smallest absolute Gasteiger partial charge is 0.146 e. The SMILES string of the molecule is COc1cccc(OC[C@@H](O)CN(C)Cc2ccc(OCc3nccn3C)cc2)c1. The van der Waals surface area contributed by atoms with Gasteiger partial charge in [-0.3, -0.25) is 4.90 Å². The summed E-state index contributed by atoms with van der Waals surface area (Å²) in [6, 6.07) is 15.3. The fourth-order valence-electron chi connectivity index (χ4n) is 3.05. The average molecular weight is 412 g/mol. The largest absolute Gasteiger partial charge is 0.497 e. The first-order chi connectivity index (χ1) is 14.5. The van der Waals surface area contributed by atoms with Crippen LogP contribution < -0.4 is 14.2 Å². The minimum absolute atomic E-state index is 0.220. The van der Waals surface area contributed by atoms with Crippen LogP contribution in [-0.2, 0) is 20.2 Å². The second-order valence-corrected chi connectivity index (χ2v) is 7.23. The Morgan fingerprint density at radius 3 is 2.53 bits per heavy atom. The first kappa shape index (κ1) is 21.7. The molecule has 1 atom stereocenters. The zero-order chi connectivity index (χ0) is 21.3. The van der Waals surface area contributed by atoms with Gasteiger partial charge in [-0.05, 0) is 36.9 Å². The molecule has 1 aromatic heterocycles. The molecule has 1 N–H and O–H groups in total. The molecule has 0 spiro atoms. The van der Waals surface area contributed by atoms with Gasteiger partial charge in [0, 0.05) is 38.6 Å². The third kappa shape index (κ3) is 6.50.